The highest BCUT2D eigenvalue weighted by atomic mass is 35.5. The smallest absolute Gasteiger partial charge is 0.234 e. The molecule has 0 bridgehead atoms. The van der Waals surface area contributed by atoms with E-state index < -0.39 is 15.2 Å². The molecule has 0 saturated carbocycles. The molecule has 9 nitrogen and oxygen atoms in total. The first-order valence-electron chi connectivity index (χ1n) is 10.6. The largest absolute Gasteiger partial charge is 0.354 e. The van der Waals surface area contributed by atoms with E-state index >= 15 is 0 Å². The molecular formula is C23H24ClN5O4S. The second-order valence-electron chi connectivity index (χ2n) is 8.10. The number of hydrogen-bond donors (Lipinski definition) is 3. The van der Waals surface area contributed by atoms with Crippen LogP contribution < -0.4 is 5.32 Å². The number of piperazine rings is 1. The number of benzene rings is 2. The van der Waals surface area contributed by atoms with Gasteiger partial charge < -0.3 is 20.0 Å². The highest BCUT2D eigenvalue weighted by Gasteiger charge is 2.37. The third-order valence-corrected chi connectivity index (χ3v) is 7.98. The molecule has 2 heterocycles. The Balaban J connectivity index is 1.75. The summed E-state index contributed by atoms with van der Waals surface area (Å²) in [7, 11) is -2.34. The van der Waals surface area contributed by atoms with Gasteiger partial charge in [-0.2, -0.15) is 0 Å². The zero-order valence-corrected chi connectivity index (χ0v) is 20.0. The van der Waals surface area contributed by atoms with Gasteiger partial charge in [0.25, 0.3) is 0 Å². The van der Waals surface area contributed by atoms with Crippen molar-refractivity contribution in [1.29, 1.82) is 5.41 Å². The molecule has 1 amide bonds. The molecule has 1 aromatic heterocycles. The summed E-state index contributed by atoms with van der Waals surface area (Å²) in [6.45, 7) is 0.716. The van der Waals surface area contributed by atoms with Crippen LogP contribution >= 0.6 is 11.6 Å². The molecule has 4 rings (SSSR count). The minimum absolute atomic E-state index is 0.0308. The fraction of sp³-hybridized carbons (Fsp3) is 0.261. The van der Waals surface area contributed by atoms with Crippen LogP contribution in [0.2, 0.25) is 5.02 Å². The fourth-order valence-corrected chi connectivity index (χ4v) is 6.08. The lowest BCUT2D eigenvalue weighted by molar-refractivity contribution is -0.124. The second-order valence-corrected chi connectivity index (χ2v) is 10.5. The number of nitrogens with zero attached hydrogens (tertiary/aromatic N) is 2. The number of fused-ring (bicyclic) bond motifs is 1. The van der Waals surface area contributed by atoms with Crippen molar-refractivity contribution < 1.29 is 18.0 Å². The number of carbonyl (C=O) groups is 2. The number of aromatic nitrogens is 1. The van der Waals surface area contributed by atoms with Gasteiger partial charge in [0.05, 0.1) is 13.1 Å². The zero-order chi connectivity index (χ0) is 24.5. The molecule has 1 atom stereocenters. The van der Waals surface area contributed by atoms with E-state index in [9.17, 15) is 18.0 Å². The second kappa shape index (κ2) is 9.57. The summed E-state index contributed by atoms with van der Waals surface area (Å²) in [6.07, 6.45) is 0.709. The van der Waals surface area contributed by atoms with Gasteiger partial charge in [-0.15, -0.1) is 0 Å². The van der Waals surface area contributed by atoms with Crippen LogP contribution in [-0.4, -0.2) is 74.5 Å². The summed E-state index contributed by atoms with van der Waals surface area (Å²) in [4.78, 5) is 29.0. The van der Waals surface area contributed by atoms with Gasteiger partial charge in [0.15, 0.2) is 0 Å². The van der Waals surface area contributed by atoms with Crippen LogP contribution in [0.5, 0.6) is 0 Å². The molecule has 1 aliphatic heterocycles. The normalized spacial score (nSPS) is 15.6. The minimum atomic E-state index is -3.97. The average Bonchev–Trinajstić information content (AvgIpc) is 3.23. The van der Waals surface area contributed by atoms with Gasteiger partial charge in [-0.3, -0.25) is 15.1 Å². The average molecular weight is 502 g/mol. The number of rotatable bonds is 7. The monoisotopic (exact) mass is 501 g/mol. The molecule has 2 aromatic carbocycles. The van der Waals surface area contributed by atoms with Crippen molar-refractivity contribution >= 4 is 50.4 Å². The number of hydrogen-bond acceptors (Lipinski definition) is 6. The van der Waals surface area contributed by atoms with Crippen molar-refractivity contribution in [3.63, 3.8) is 0 Å². The first-order chi connectivity index (χ1) is 16.2. The van der Waals surface area contributed by atoms with Gasteiger partial charge in [0.2, 0.25) is 15.7 Å². The van der Waals surface area contributed by atoms with E-state index in [2.05, 4.69) is 10.3 Å². The fourth-order valence-electron chi connectivity index (χ4n) is 4.02. The Morgan fingerprint density at radius 3 is 2.65 bits per heavy atom. The number of sulfone groups is 1. The lowest BCUT2D eigenvalue weighted by atomic mass is 10.1. The molecule has 1 saturated heterocycles. The predicted molar refractivity (Wildman–Crippen MR) is 130 cm³/mol. The van der Waals surface area contributed by atoms with E-state index in [1.807, 2.05) is 0 Å². The number of amidine groups is 1. The number of aldehydes is 1. The summed E-state index contributed by atoms with van der Waals surface area (Å²) in [5.41, 5.74) is 1.65. The van der Waals surface area contributed by atoms with Crippen LogP contribution in [-0.2, 0) is 19.4 Å². The Hall–Kier alpha value is -3.21. The Labute approximate surface area is 202 Å². The van der Waals surface area contributed by atoms with Gasteiger partial charge >= 0.3 is 0 Å². The number of aromatic amines is 1. The summed E-state index contributed by atoms with van der Waals surface area (Å²) >= 11 is 6.06. The highest BCUT2D eigenvalue weighted by molar-refractivity contribution is 7.91. The predicted octanol–water partition coefficient (Wildman–Crippen LogP) is 2.18. The molecule has 11 heteroatoms. The maximum Gasteiger partial charge on any atom is 0.234 e. The summed E-state index contributed by atoms with van der Waals surface area (Å²) in [5.74, 6) is -0.105. The minimum Gasteiger partial charge on any atom is -0.354 e. The Morgan fingerprint density at radius 2 is 1.97 bits per heavy atom. The summed E-state index contributed by atoms with van der Waals surface area (Å²) in [6, 6.07) is 13.2. The van der Waals surface area contributed by atoms with Crippen LogP contribution in [0.1, 0.15) is 16.5 Å². The van der Waals surface area contributed by atoms with Crippen molar-refractivity contribution in [2.75, 3.05) is 33.2 Å². The van der Waals surface area contributed by atoms with Crippen LogP contribution in [0.25, 0.3) is 10.9 Å². The van der Waals surface area contributed by atoms with Gasteiger partial charge in [0, 0.05) is 41.6 Å². The number of nitrogens with one attached hydrogen (secondary N) is 3. The van der Waals surface area contributed by atoms with Crippen LogP contribution in [0.4, 0.5) is 0 Å². The maximum absolute atomic E-state index is 13.9. The molecule has 1 unspecified atom stereocenters. The molecule has 0 aliphatic carbocycles. The van der Waals surface area contributed by atoms with E-state index in [0.29, 0.717) is 46.4 Å². The molecule has 3 N–H and O–H groups in total. The van der Waals surface area contributed by atoms with Gasteiger partial charge in [-0.05, 0) is 29.8 Å². The summed E-state index contributed by atoms with van der Waals surface area (Å²) < 4.78 is 27.8. The van der Waals surface area contributed by atoms with E-state index in [0.717, 1.165) is 0 Å². The van der Waals surface area contributed by atoms with Crippen molar-refractivity contribution in [3.05, 3.63) is 64.7 Å². The van der Waals surface area contributed by atoms with E-state index in [1.165, 1.54) is 4.90 Å². The van der Waals surface area contributed by atoms with Gasteiger partial charge in [-0.1, -0.05) is 35.9 Å². The highest BCUT2D eigenvalue weighted by Crippen LogP contribution is 2.34. The van der Waals surface area contributed by atoms with Gasteiger partial charge in [-0.25, -0.2) is 8.42 Å². The molecule has 0 spiro atoms. The van der Waals surface area contributed by atoms with E-state index in [4.69, 9.17) is 17.0 Å². The number of halogens is 1. The Kier molecular flexibility index (Phi) is 6.74. The number of likely N-dealkylation sites (N-methyl/N-ethyl adjacent to an activating group) is 1. The van der Waals surface area contributed by atoms with E-state index in [1.54, 1.807) is 60.5 Å². The van der Waals surface area contributed by atoms with Crippen LogP contribution in [0.3, 0.4) is 0 Å². The maximum atomic E-state index is 13.9. The summed E-state index contributed by atoms with van der Waals surface area (Å²) in [5, 5.41) is 11.1. The van der Waals surface area contributed by atoms with Crippen molar-refractivity contribution in [1.82, 2.24) is 20.1 Å². The van der Waals surface area contributed by atoms with Crippen molar-refractivity contribution in [2.45, 2.75) is 10.4 Å². The third-order valence-electron chi connectivity index (χ3n) is 5.76. The zero-order valence-electron chi connectivity index (χ0n) is 18.4. The first-order valence-corrected chi connectivity index (χ1v) is 12.5. The molecule has 34 heavy (non-hydrogen) atoms. The van der Waals surface area contributed by atoms with Crippen LogP contribution in [0.15, 0.2) is 53.6 Å². The SMILES string of the molecule is CN(CC=O)C(=N)c1ccc(C(N2CCNC(=O)C2)S(=O)(=O)c2cc3cc(Cl)ccc3[nH]2)cc1. The standard InChI is InChI=1S/C23H24ClN5O4S/c1-28(10-11-30)22(25)15-2-4-16(5-3-15)23(29-9-8-26-20(31)14-29)34(32,33)21-13-17-12-18(24)6-7-19(17)27-21/h2-7,11-13,23,25,27H,8-10,14H2,1H3,(H,26,31). The topological polar surface area (TPSA) is 126 Å². The number of H-pyrrole nitrogens is 1. The lowest BCUT2D eigenvalue weighted by Gasteiger charge is -2.33. The van der Waals surface area contributed by atoms with Crippen LogP contribution in [0, 0.1) is 5.41 Å². The first kappa shape index (κ1) is 23.9. The Morgan fingerprint density at radius 1 is 1.24 bits per heavy atom. The number of carbonyl (C=O) groups excluding carboxylic acids is 2. The third kappa shape index (κ3) is 4.70. The van der Waals surface area contributed by atoms with Crippen molar-refractivity contribution in [2.24, 2.45) is 0 Å². The van der Waals surface area contributed by atoms with Crippen molar-refractivity contribution in [3.8, 4) is 0 Å². The molecule has 178 valence electrons. The van der Waals surface area contributed by atoms with E-state index in [-0.39, 0.29) is 29.9 Å². The molecule has 3 aromatic rings. The Bertz CT molecular complexity index is 1350. The molecular weight excluding hydrogens is 478 g/mol. The molecule has 1 aliphatic rings. The lowest BCUT2D eigenvalue weighted by Crippen LogP contribution is -2.50. The molecule has 0 radical (unpaired) electrons. The van der Waals surface area contributed by atoms with Gasteiger partial charge in [0.1, 0.15) is 22.5 Å². The number of amides is 1. The quantitative estimate of drug-likeness (QED) is 0.259. The molecule has 1 fully saturated rings.